The lowest BCUT2D eigenvalue weighted by Crippen LogP contribution is -2.30. The molecule has 0 saturated heterocycles. The summed E-state index contributed by atoms with van der Waals surface area (Å²) >= 11 is 3.42. The Labute approximate surface area is 120 Å². The molecule has 106 valence electrons. The Hall–Kier alpha value is -0.830. The number of sulfonamides is 1. The summed E-state index contributed by atoms with van der Waals surface area (Å²) in [5, 5.41) is 3.15. The van der Waals surface area contributed by atoms with Crippen LogP contribution in [-0.2, 0) is 16.6 Å². The number of fused-ring (bicyclic) bond motifs is 1. The number of hydrogen-bond donors (Lipinski definition) is 2. The zero-order valence-corrected chi connectivity index (χ0v) is 12.8. The van der Waals surface area contributed by atoms with Crippen LogP contribution in [0.1, 0.15) is 5.56 Å². The van der Waals surface area contributed by atoms with Crippen molar-refractivity contribution in [2.24, 2.45) is 0 Å². The first kappa shape index (κ1) is 14.6. The minimum atomic E-state index is -3.12. The van der Waals surface area contributed by atoms with Crippen molar-refractivity contribution in [3.63, 3.8) is 0 Å². The highest BCUT2D eigenvalue weighted by Crippen LogP contribution is 2.39. The molecule has 1 aliphatic heterocycles. The van der Waals surface area contributed by atoms with E-state index in [0.717, 1.165) is 27.8 Å². The number of benzene rings is 1. The summed E-state index contributed by atoms with van der Waals surface area (Å²) in [5.41, 5.74) is 1.04. The van der Waals surface area contributed by atoms with Gasteiger partial charge in [0.25, 0.3) is 0 Å². The number of hydrogen-bond acceptors (Lipinski definition) is 5. The van der Waals surface area contributed by atoms with E-state index < -0.39 is 10.0 Å². The molecular formula is C11H15BrN2O4S. The molecule has 1 aromatic carbocycles. The summed E-state index contributed by atoms with van der Waals surface area (Å²) in [5.74, 6) is 1.45. The molecule has 0 radical (unpaired) electrons. The Kier molecular flexibility index (Phi) is 4.67. The lowest BCUT2D eigenvalue weighted by molar-refractivity contribution is 0.173. The van der Waals surface area contributed by atoms with Crippen LogP contribution in [0.4, 0.5) is 0 Å². The summed E-state index contributed by atoms with van der Waals surface area (Å²) in [6.07, 6.45) is 1.14. The van der Waals surface area contributed by atoms with Crippen LogP contribution in [0.2, 0.25) is 0 Å². The summed E-state index contributed by atoms with van der Waals surface area (Å²) in [6.45, 7) is 1.79. The molecule has 6 nitrogen and oxygen atoms in total. The standard InChI is InChI=1S/C11H15BrN2O4S/c1-19(15,16)14-3-2-13-6-8-4-9(12)11-10(5-8)17-7-18-11/h4-5,13-14H,2-3,6-7H2,1H3. The van der Waals surface area contributed by atoms with Crippen LogP contribution in [0, 0.1) is 0 Å². The summed E-state index contributed by atoms with van der Waals surface area (Å²) in [7, 11) is -3.12. The molecule has 0 unspecified atom stereocenters. The molecule has 0 saturated carbocycles. The minimum Gasteiger partial charge on any atom is -0.454 e. The van der Waals surface area contributed by atoms with E-state index in [4.69, 9.17) is 9.47 Å². The van der Waals surface area contributed by atoms with E-state index in [1.165, 1.54) is 0 Å². The number of ether oxygens (including phenoxy) is 2. The summed E-state index contributed by atoms with van der Waals surface area (Å²) in [6, 6.07) is 3.86. The minimum absolute atomic E-state index is 0.239. The van der Waals surface area contributed by atoms with Crippen LogP contribution in [0.25, 0.3) is 0 Å². The van der Waals surface area contributed by atoms with Gasteiger partial charge in [0.1, 0.15) is 0 Å². The van der Waals surface area contributed by atoms with Gasteiger partial charge in [-0.2, -0.15) is 0 Å². The van der Waals surface area contributed by atoms with Crippen molar-refractivity contribution in [2.75, 3.05) is 26.1 Å². The third kappa shape index (κ3) is 4.34. The molecule has 2 rings (SSSR count). The van der Waals surface area contributed by atoms with Gasteiger partial charge in [0.05, 0.1) is 10.7 Å². The molecule has 2 N–H and O–H groups in total. The maximum Gasteiger partial charge on any atom is 0.231 e. The van der Waals surface area contributed by atoms with Crippen LogP contribution in [0.3, 0.4) is 0 Å². The zero-order valence-electron chi connectivity index (χ0n) is 10.4. The van der Waals surface area contributed by atoms with Gasteiger partial charge in [-0.3, -0.25) is 0 Å². The van der Waals surface area contributed by atoms with E-state index in [9.17, 15) is 8.42 Å². The topological polar surface area (TPSA) is 76.7 Å². The summed E-state index contributed by atoms with van der Waals surface area (Å²) < 4.78 is 35.6. The molecule has 0 fully saturated rings. The van der Waals surface area contributed by atoms with Crippen LogP contribution >= 0.6 is 15.9 Å². The van der Waals surface area contributed by atoms with Crippen LogP contribution in [0.5, 0.6) is 11.5 Å². The van der Waals surface area contributed by atoms with Gasteiger partial charge in [-0.15, -0.1) is 0 Å². The normalized spacial score (nSPS) is 13.8. The average Bonchev–Trinajstić information content (AvgIpc) is 2.75. The Bertz CT molecular complexity index is 562. The van der Waals surface area contributed by atoms with Gasteiger partial charge in [-0.25, -0.2) is 13.1 Å². The van der Waals surface area contributed by atoms with E-state index in [0.29, 0.717) is 19.6 Å². The Morgan fingerprint density at radius 3 is 2.84 bits per heavy atom. The fourth-order valence-electron chi connectivity index (χ4n) is 1.68. The molecule has 0 bridgehead atoms. The van der Waals surface area contributed by atoms with Gasteiger partial charge in [0, 0.05) is 19.6 Å². The predicted octanol–water partition coefficient (Wildman–Crippen LogP) is 0.817. The fraction of sp³-hybridized carbons (Fsp3) is 0.455. The van der Waals surface area contributed by atoms with Gasteiger partial charge in [-0.05, 0) is 33.6 Å². The second-order valence-electron chi connectivity index (χ2n) is 4.15. The number of rotatable bonds is 6. The van der Waals surface area contributed by atoms with E-state index in [-0.39, 0.29) is 6.79 Å². The molecule has 0 amide bonds. The molecule has 1 aromatic rings. The van der Waals surface area contributed by atoms with Crippen molar-refractivity contribution >= 4 is 26.0 Å². The highest BCUT2D eigenvalue weighted by Gasteiger charge is 2.17. The first-order valence-corrected chi connectivity index (χ1v) is 8.37. The molecule has 19 heavy (non-hydrogen) atoms. The second-order valence-corrected chi connectivity index (χ2v) is 6.84. The highest BCUT2D eigenvalue weighted by atomic mass is 79.9. The van der Waals surface area contributed by atoms with Crippen molar-refractivity contribution in [3.05, 3.63) is 22.2 Å². The van der Waals surface area contributed by atoms with Crippen LogP contribution in [0.15, 0.2) is 16.6 Å². The number of halogens is 1. The molecular weight excluding hydrogens is 336 g/mol. The van der Waals surface area contributed by atoms with Crippen molar-refractivity contribution in [1.29, 1.82) is 0 Å². The molecule has 8 heteroatoms. The lowest BCUT2D eigenvalue weighted by Gasteiger charge is -2.07. The third-order valence-electron chi connectivity index (χ3n) is 2.48. The maximum absolute atomic E-state index is 10.9. The smallest absolute Gasteiger partial charge is 0.231 e. The van der Waals surface area contributed by atoms with Crippen molar-refractivity contribution in [1.82, 2.24) is 10.0 Å². The van der Waals surface area contributed by atoms with Gasteiger partial charge >= 0.3 is 0 Å². The Balaban J connectivity index is 1.82. The molecule has 0 spiro atoms. The van der Waals surface area contributed by atoms with Gasteiger partial charge in [-0.1, -0.05) is 0 Å². The van der Waals surface area contributed by atoms with Crippen LogP contribution in [-0.4, -0.2) is 34.6 Å². The highest BCUT2D eigenvalue weighted by molar-refractivity contribution is 9.10. The van der Waals surface area contributed by atoms with E-state index >= 15 is 0 Å². The largest absolute Gasteiger partial charge is 0.454 e. The molecule has 0 aliphatic carbocycles. The Morgan fingerprint density at radius 2 is 2.11 bits per heavy atom. The molecule has 0 aromatic heterocycles. The number of nitrogens with one attached hydrogen (secondary N) is 2. The molecule has 0 atom stereocenters. The van der Waals surface area contributed by atoms with E-state index in [1.54, 1.807) is 0 Å². The van der Waals surface area contributed by atoms with Gasteiger partial charge in [0.2, 0.25) is 16.8 Å². The molecule has 1 heterocycles. The molecule has 1 aliphatic rings. The van der Waals surface area contributed by atoms with Crippen molar-refractivity contribution in [3.8, 4) is 11.5 Å². The predicted molar refractivity (Wildman–Crippen MR) is 74.8 cm³/mol. The van der Waals surface area contributed by atoms with Crippen LogP contribution < -0.4 is 19.5 Å². The Morgan fingerprint density at radius 1 is 1.32 bits per heavy atom. The van der Waals surface area contributed by atoms with Crippen molar-refractivity contribution < 1.29 is 17.9 Å². The van der Waals surface area contributed by atoms with E-state index in [1.807, 2.05) is 12.1 Å². The summed E-state index contributed by atoms with van der Waals surface area (Å²) in [4.78, 5) is 0. The fourth-order valence-corrected chi connectivity index (χ4v) is 2.76. The quantitative estimate of drug-likeness (QED) is 0.742. The zero-order chi connectivity index (χ0) is 13.9. The first-order valence-electron chi connectivity index (χ1n) is 5.69. The van der Waals surface area contributed by atoms with Crippen molar-refractivity contribution in [2.45, 2.75) is 6.54 Å². The lowest BCUT2D eigenvalue weighted by atomic mass is 10.2. The monoisotopic (exact) mass is 350 g/mol. The first-order chi connectivity index (χ1) is 8.96. The second kappa shape index (κ2) is 6.08. The van der Waals surface area contributed by atoms with Gasteiger partial charge in [0.15, 0.2) is 11.5 Å². The maximum atomic E-state index is 10.9. The van der Waals surface area contributed by atoms with E-state index in [2.05, 4.69) is 26.0 Å². The SMILES string of the molecule is CS(=O)(=O)NCCNCc1cc(Br)c2c(c1)OCO2. The third-order valence-corrected chi connectivity index (χ3v) is 3.80. The average molecular weight is 351 g/mol. The van der Waals surface area contributed by atoms with Gasteiger partial charge < -0.3 is 14.8 Å².